The topological polar surface area (TPSA) is 38.7 Å². The monoisotopic (exact) mass is 347 g/mol. The fourth-order valence-electron chi connectivity index (χ4n) is 2.99. The van der Waals surface area contributed by atoms with E-state index in [1.165, 1.54) is 12.1 Å². The normalized spacial score (nSPS) is 11.1. The number of hydrogen-bond donors (Lipinski definition) is 0. The molecular formula is C21H15F2N3. The van der Waals surface area contributed by atoms with Gasteiger partial charge in [-0.05, 0) is 43.7 Å². The van der Waals surface area contributed by atoms with Crippen molar-refractivity contribution in [2.24, 2.45) is 0 Å². The van der Waals surface area contributed by atoms with Gasteiger partial charge in [0.05, 0.1) is 11.2 Å². The molecule has 0 unspecified atom stereocenters. The first-order chi connectivity index (χ1) is 12.5. The number of benzene rings is 2. The highest BCUT2D eigenvalue weighted by molar-refractivity contribution is 5.82. The second-order valence-electron chi connectivity index (χ2n) is 6.17. The van der Waals surface area contributed by atoms with Gasteiger partial charge in [-0.15, -0.1) is 0 Å². The van der Waals surface area contributed by atoms with Crippen molar-refractivity contribution in [3.63, 3.8) is 0 Å². The molecule has 5 heteroatoms. The van der Waals surface area contributed by atoms with Gasteiger partial charge in [0.15, 0.2) is 5.82 Å². The summed E-state index contributed by atoms with van der Waals surface area (Å²) >= 11 is 0. The highest BCUT2D eigenvalue weighted by Crippen LogP contribution is 2.27. The van der Waals surface area contributed by atoms with Gasteiger partial charge in [0.25, 0.3) is 0 Å². The molecule has 0 fully saturated rings. The molecule has 4 aromatic rings. The molecule has 0 radical (unpaired) electrons. The van der Waals surface area contributed by atoms with E-state index >= 15 is 0 Å². The Labute approximate surface area is 149 Å². The van der Waals surface area contributed by atoms with Crippen molar-refractivity contribution in [2.75, 3.05) is 0 Å². The van der Waals surface area contributed by atoms with Crippen LogP contribution in [0.5, 0.6) is 0 Å². The lowest BCUT2D eigenvalue weighted by molar-refractivity contribution is 0.584. The Bertz CT molecular complexity index is 1120. The van der Waals surface area contributed by atoms with Crippen molar-refractivity contribution in [1.29, 1.82) is 0 Å². The zero-order valence-corrected chi connectivity index (χ0v) is 14.3. The molecule has 0 atom stereocenters. The number of para-hydroxylation sites is 1. The lowest BCUT2D eigenvalue weighted by Crippen LogP contribution is -1.98. The van der Waals surface area contributed by atoms with Gasteiger partial charge >= 0.3 is 0 Å². The molecule has 0 spiro atoms. The number of fused-ring (bicyclic) bond motifs is 1. The summed E-state index contributed by atoms with van der Waals surface area (Å²) in [6.45, 7) is 3.77. The lowest BCUT2D eigenvalue weighted by Gasteiger charge is -2.10. The fourth-order valence-corrected chi connectivity index (χ4v) is 2.99. The predicted molar refractivity (Wildman–Crippen MR) is 97.6 cm³/mol. The number of nitrogens with zero attached hydrogens (tertiary/aromatic N) is 3. The van der Waals surface area contributed by atoms with Crippen molar-refractivity contribution in [3.8, 4) is 22.8 Å². The van der Waals surface area contributed by atoms with Crippen LogP contribution in [0.4, 0.5) is 8.78 Å². The summed E-state index contributed by atoms with van der Waals surface area (Å²) in [7, 11) is 0. The maximum atomic E-state index is 13.6. The summed E-state index contributed by atoms with van der Waals surface area (Å²) in [4.78, 5) is 13.7. The molecule has 0 aliphatic rings. The van der Waals surface area contributed by atoms with E-state index in [1.807, 2.05) is 50.2 Å². The smallest absolute Gasteiger partial charge is 0.178 e. The Kier molecular flexibility index (Phi) is 3.92. The van der Waals surface area contributed by atoms with Gasteiger partial charge in [0.1, 0.15) is 17.3 Å². The minimum absolute atomic E-state index is 0.388. The van der Waals surface area contributed by atoms with E-state index < -0.39 is 11.6 Å². The van der Waals surface area contributed by atoms with Crippen LogP contribution < -0.4 is 0 Å². The number of halogens is 2. The summed E-state index contributed by atoms with van der Waals surface area (Å²) in [6, 6.07) is 14.8. The molecule has 26 heavy (non-hydrogen) atoms. The molecule has 4 rings (SSSR count). The molecule has 0 saturated heterocycles. The van der Waals surface area contributed by atoms with E-state index in [2.05, 4.69) is 15.0 Å². The van der Waals surface area contributed by atoms with Gasteiger partial charge in [0.2, 0.25) is 0 Å². The Morgan fingerprint density at radius 1 is 0.769 bits per heavy atom. The summed E-state index contributed by atoms with van der Waals surface area (Å²) < 4.78 is 27.2. The number of aromatic nitrogens is 3. The highest BCUT2D eigenvalue weighted by Gasteiger charge is 2.12. The largest absolute Gasteiger partial charge is 0.244 e. The molecule has 2 aromatic carbocycles. The summed E-state index contributed by atoms with van der Waals surface area (Å²) in [5.74, 6) is -0.784. The maximum Gasteiger partial charge on any atom is 0.178 e. The Morgan fingerprint density at radius 3 is 2.27 bits per heavy atom. The minimum atomic E-state index is -0.635. The van der Waals surface area contributed by atoms with Crippen LogP contribution in [0.25, 0.3) is 33.7 Å². The Balaban J connectivity index is 1.89. The van der Waals surface area contributed by atoms with E-state index in [4.69, 9.17) is 0 Å². The van der Waals surface area contributed by atoms with Crippen molar-refractivity contribution < 1.29 is 8.78 Å². The SMILES string of the molecule is Cc1ccc(-c2nc(C)c3ccccc3n2)nc1-c1cc(F)cc(F)c1. The van der Waals surface area contributed by atoms with Crippen LogP contribution in [0.1, 0.15) is 11.3 Å². The van der Waals surface area contributed by atoms with E-state index in [9.17, 15) is 8.78 Å². The lowest BCUT2D eigenvalue weighted by atomic mass is 10.1. The molecule has 2 aromatic heterocycles. The summed E-state index contributed by atoms with van der Waals surface area (Å²) in [6.07, 6.45) is 0. The van der Waals surface area contributed by atoms with Gasteiger partial charge in [-0.2, -0.15) is 0 Å². The third kappa shape index (κ3) is 2.92. The van der Waals surface area contributed by atoms with Gasteiger partial charge in [-0.1, -0.05) is 24.3 Å². The number of pyridine rings is 1. The molecule has 0 N–H and O–H groups in total. The Morgan fingerprint density at radius 2 is 1.50 bits per heavy atom. The first kappa shape index (κ1) is 16.3. The molecule has 0 saturated carbocycles. The second-order valence-corrected chi connectivity index (χ2v) is 6.17. The number of aryl methyl sites for hydroxylation is 2. The molecule has 3 nitrogen and oxygen atoms in total. The van der Waals surface area contributed by atoms with Crippen LogP contribution in [0, 0.1) is 25.5 Å². The molecular weight excluding hydrogens is 332 g/mol. The van der Waals surface area contributed by atoms with Crippen LogP contribution in [-0.2, 0) is 0 Å². The van der Waals surface area contributed by atoms with Crippen molar-refractivity contribution >= 4 is 10.9 Å². The summed E-state index contributed by atoms with van der Waals surface area (Å²) in [5, 5.41) is 0.982. The van der Waals surface area contributed by atoms with Gasteiger partial charge in [-0.3, -0.25) is 0 Å². The van der Waals surface area contributed by atoms with Crippen molar-refractivity contribution in [2.45, 2.75) is 13.8 Å². The molecule has 0 bridgehead atoms. The zero-order chi connectivity index (χ0) is 18.3. The summed E-state index contributed by atoms with van der Waals surface area (Å²) in [5.41, 5.74) is 3.96. The van der Waals surface area contributed by atoms with Crippen LogP contribution >= 0.6 is 0 Å². The van der Waals surface area contributed by atoms with Gasteiger partial charge < -0.3 is 0 Å². The average molecular weight is 347 g/mol. The molecule has 128 valence electrons. The van der Waals surface area contributed by atoms with Gasteiger partial charge in [-0.25, -0.2) is 23.7 Å². The highest BCUT2D eigenvalue weighted by atomic mass is 19.1. The van der Waals surface area contributed by atoms with Crippen LogP contribution in [0.15, 0.2) is 54.6 Å². The maximum absolute atomic E-state index is 13.6. The fraction of sp³-hybridized carbons (Fsp3) is 0.0952. The molecule has 0 amide bonds. The third-order valence-corrected chi connectivity index (χ3v) is 4.26. The molecule has 2 heterocycles. The molecule has 0 aliphatic carbocycles. The minimum Gasteiger partial charge on any atom is -0.244 e. The van der Waals surface area contributed by atoms with E-state index in [1.54, 1.807) is 0 Å². The van der Waals surface area contributed by atoms with E-state index in [0.29, 0.717) is 22.8 Å². The second kappa shape index (κ2) is 6.26. The van der Waals surface area contributed by atoms with Crippen molar-refractivity contribution in [3.05, 3.63) is 77.5 Å². The Hall–Kier alpha value is -3.21. The zero-order valence-electron chi connectivity index (χ0n) is 14.3. The van der Waals surface area contributed by atoms with Gasteiger partial charge in [0, 0.05) is 22.7 Å². The van der Waals surface area contributed by atoms with Crippen LogP contribution in [0.2, 0.25) is 0 Å². The van der Waals surface area contributed by atoms with Crippen LogP contribution in [0.3, 0.4) is 0 Å². The quantitative estimate of drug-likeness (QED) is 0.497. The van der Waals surface area contributed by atoms with E-state index in [-0.39, 0.29) is 0 Å². The number of hydrogen-bond acceptors (Lipinski definition) is 3. The van der Waals surface area contributed by atoms with Crippen molar-refractivity contribution in [1.82, 2.24) is 15.0 Å². The standard InChI is InChI=1S/C21H15F2N3/c1-12-7-8-19(25-20(12)14-9-15(22)11-16(23)10-14)21-24-13(2)17-5-3-4-6-18(17)26-21/h3-11H,1-2H3. The number of rotatable bonds is 2. The first-order valence-electron chi connectivity index (χ1n) is 8.19. The molecule has 0 aliphatic heterocycles. The van der Waals surface area contributed by atoms with E-state index in [0.717, 1.165) is 28.2 Å². The van der Waals surface area contributed by atoms with Crippen LogP contribution in [-0.4, -0.2) is 15.0 Å². The first-order valence-corrected chi connectivity index (χ1v) is 8.19. The predicted octanol–water partition coefficient (Wildman–Crippen LogP) is 5.25. The third-order valence-electron chi connectivity index (χ3n) is 4.26. The average Bonchev–Trinajstić information content (AvgIpc) is 2.61.